The Balaban J connectivity index is 1.78. The van der Waals surface area contributed by atoms with E-state index in [1.54, 1.807) is 31.2 Å². The van der Waals surface area contributed by atoms with Crippen molar-refractivity contribution in [2.24, 2.45) is 10.9 Å². The number of hydrogen-bond acceptors (Lipinski definition) is 9. The highest BCUT2D eigenvalue weighted by atomic mass is 32.1. The van der Waals surface area contributed by atoms with E-state index in [4.69, 9.17) is 9.47 Å². The number of methoxy groups -OCH3 is 1. The molecule has 1 N–H and O–H groups in total. The number of carbonyl (C=O) groups is 1. The number of nitro groups is 1. The van der Waals surface area contributed by atoms with Crippen LogP contribution in [0, 0.1) is 16.0 Å². The van der Waals surface area contributed by atoms with Crippen molar-refractivity contribution >= 4 is 29.1 Å². The summed E-state index contributed by atoms with van der Waals surface area (Å²) in [6, 6.07) is 9.95. The normalized spacial score (nSPS) is 23.0. The van der Waals surface area contributed by atoms with Crippen molar-refractivity contribution in [1.29, 1.82) is 0 Å². The molecule has 10 nitrogen and oxygen atoms in total. The monoisotopic (exact) mass is 467 g/mol. The fourth-order valence-corrected chi connectivity index (χ4v) is 5.43. The smallest absolute Gasteiger partial charge is 0.317 e. The molecule has 5 rings (SSSR count). The van der Waals surface area contributed by atoms with Gasteiger partial charge in [-0.3, -0.25) is 24.3 Å². The molecule has 0 saturated heterocycles. The lowest BCUT2D eigenvalue weighted by Gasteiger charge is -2.44. The summed E-state index contributed by atoms with van der Waals surface area (Å²) in [7, 11) is 1.27. The first kappa shape index (κ1) is 20.9. The van der Waals surface area contributed by atoms with Crippen molar-refractivity contribution in [2.75, 3.05) is 7.11 Å². The zero-order valence-electron chi connectivity index (χ0n) is 17.4. The molecule has 11 heteroatoms. The van der Waals surface area contributed by atoms with Gasteiger partial charge >= 0.3 is 5.97 Å². The summed E-state index contributed by atoms with van der Waals surface area (Å²) in [6.45, 7) is 1.67. The molecule has 3 atom stereocenters. The van der Waals surface area contributed by atoms with Crippen LogP contribution < -0.4 is 19.6 Å². The second-order valence-electron chi connectivity index (χ2n) is 7.82. The zero-order valence-corrected chi connectivity index (χ0v) is 18.2. The predicted molar refractivity (Wildman–Crippen MR) is 117 cm³/mol. The van der Waals surface area contributed by atoms with E-state index in [9.17, 15) is 24.8 Å². The van der Waals surface area contributed by atoms with E-state index >= 15 is 0 Å². The number of esters is 1. The fourth-order valence-electron chi connectivity index (χ4n) is 4.34. The minimum absolute atomic E-state index is 0.121. The van der Waals surface area contributed by atoms with Crippen LogP contribution >= 0.6 is 11.3 Å². The number of phenolic OH excluding ortho intramolecular Hbond substituents is 1. The second kappa shape index (κ2) is 7.27. The Morgan fingerprint density at radius 3 is 2.85 bits per heavy atom. The third kappa shape index (κ3) is 3.11. The molecule has 2 aromatic carbocycles. The largest absolute Gasteiger partial charge is 0.507 e. The van der Waals surface area contributed by atoms with Gasteiger partial charge in [-0.1, -0.05) is 29.5 Å². The van der Waals surface area contributed by atoms with Gasteiger partial charge in [0.1, 0.15) is 17.4 Å². The summed E-state index contributed by atoms with van der Waals surface area (Å²) in [5.74, 6) is -1.16. The molecule has 3 aromatic rings. The standard InChI is InChI=1S/C22H17N3O7S/c1-22-17(20(28)31-2)18(13-5-3-4-6-15(13)32-22)24-19(27)16(33-21(24)23-22)10-11-9-12(25(29)30)7-8-14(11)26/h3-10,17-18,26H,1-2H3/b16-10-/t17-,18-,22-/m1/s1. The minimum atomic E-state index is -1.30. The van der Waals surface area contributed by atoms with Crippen molar-refractivity contribution in [3.63, 3.8) is 0 Å². The number of benzene rings is 2. The maximum atomic E-state index is 13.5. The van der Waals surface area contributed by atoms with Crippen LogP contribution in [0.5, 0.6) is 11.5 Å². The van der Waals surface area contributed by atoms with Crippen molar-refractivity contribution in [1.82, 2.24) is 4.57 Å². The first-order valence-electron chi connectivity index (χ1n) is 9.89. The number of carbonyl (C=O) groups excluding carboxylic acids is 1. The number of hydrogen-bond donors (Lipinski definition) is 1. The van der Waals surface area contributed by atoms with E-state index in [0.29, 0.717) is 16.1 Å². The van der Waals surface area contributed by atoms with Gasteiger partial charge in [0.25, 0.3) is 11.2 Å². The Morgan fingerprint density at radius 1 is 1.36 bits per heavy atom. The number of thiazole rings is 1. The molecule has 2 bridgehead atoms. The number of aromatic hydroxyl groups is 1. The van der Waals surface area contributed by atoms with Crippen LogP contribution in [0.1, 0.15) is 24.1 Å². The summed E-state index contributed by atoms with van der Waals surface area (Å²) in [4.78, 5) is 41.7. The van der Waals surface area contributed by atoms with Gasteiger partial charge in [0.2, 0.25) is 5.72 Å². The topological polar surface area (TPSA) is 133 Å². The third-order valence-electron chi connectivity index (χ3n) is 5.84. The summed E-state index contributed by atoms with van der Waals surface area (Å²) >= 11 is 1.05. The molecule has 0 radical (unpaired) electrons. The first-order chi connectivity index (χ1) is 15.7. The van der Waals surface area contributed by atoms with Gasteiger partial charge < -0.3 is 14.6 Å². The van der Waals surface area contributed by atoms with Gasteiger partial charge in [0.05, 0.1) is 22.6 Å². The number of para-hydroxylation sites is 1. The SMILES string of the molecule is COC(=O)[C@H]1[C@H]2c3ccccc3O[C@@]1(C)N=c1s/c(=C\c3cc([N+](=O)[O-])ccc3O)c(=O)n12. The predicted octanol–water partition coefficient (Wildman–Crippen LogP) is 1.47. The summed E-state index contributed by atoms with van der Waals surface area (Å²) in [5, 5.41) is 21.3. The van der Waals surface area contributed by atoms with Crippen LogP contribution in [0.15, 0.2) is 52.3 Å². The number of nitro benzene ring substituents is 1. The average molecular weight is 467 g/mol. The van der Waals surface area contributed by atoms with E-state index in [1.165, 1.54) is 36.0 Å². The van der Waals surface area contributed by atoms with Gasteiger partial charge in [-0.25, -0.2) is 4.99 Å². The molecule has 0 amide bonds. The lowest BCUT2D eigenvalue weighted by Crippen LogP contribution is -2.58. The molecule has 0 saturated carbocycles. The van der Waals surface area contributed by atoms with Crippen LogP contribution in [0.3, 0.4) is 0 Å². The Morgan fingerprint density at radius 2 is 2.12 bits per heavy atom. The molecule has 2 aliphatic heterocycles. The quantitative estimate of drug-likeness (QED) is 0.350. The highest BCUT2D eigenvalue weighted by Gasteiger charge is 2.55. The van der Waals surface area contributed by atoms with Gasteiger partial charge in [-0.15, -0.1) is 0 Å². The minimum Gasteiger partial charge on any atom is -0.507 e. The van der Waals surface area contributed by atoms with Crippen molar-refractivity contribution in [3.05, 3.63) is 83.4 Å². The van der Waals surface area contributed by atoms with Crippen molar-refractivity contribution in [2.45, 2.75) is 18.7 Å². The van der Waals surface area contributed by atoms with E-state index < -0.39 is 34.1 Å². The Kier molecular flexibility index (Phi) is 4.60. The Hall–Kier alpha value is -3.99. The third-order valence-corrected chi connectivity index (χ3v) is 6.83. The van der Waals surface area contributed by atoms with Crippen molar-refractivity contribution < 1.29 is 24.3 Å². The maximum Gasteiger partial charge on any atom is 0.317 e. The van der Waals surface area contributed by atoms with Crippen LogP contribution in [0.2, 0.25) is 0 Å². The zero-order chi connectivity index (χ0) is 23.5. The van der Waals surface area contributed by atoms with Crippen LogP contribution in [-0.2, 0) is 9.53 Å². The fraction of sp³-hybridized carbons (Fsp3) is 0.227. The van der Waals surface area contributed by atoms with Gasteiger partial charge in [0.15, 0.2) is 4.80 Å². The molecular weight excluding hydrogens is 450 g/mol. The van der Waals surface area contributed by atoms with E-state index in [0.717, 1.165) is 11.3 Å². The first-order valence-corrected chi connectivity index (χ1v) is 10.7. The number of non-ortho nitro benzene ring substituents is 1. The summed E-state index contributed by atoms with van der Waals surface area (Å²) in [6.07, 6.45) is 1.38. The Labute approximate surface area is 189 Å². The highest BCUT2D eigenvalue weighted by molar-refractivity contribution is 7.07. The molecule has 168 valence electrons. The van der Waals surface area contributed by atoms with E-state index in [2.05, 4.69) is 4.99 Å². The lowest BCUT2D eigenvalue weighted by molar-refractivity contribution is -0.384. The number of rotatable bonds is 3. The summed E-state index contributed by atoms with van der Waals surface area (Å²) < 4.78 is 12.8. The molecule has 3 heterocycles. The summed E-state index contributed by atoms with van der Waals surface area (Å²) in [5.41, 5.74) is -1.19. The van der Waals surface area contributed by atoms with Crippen molar-refractivity contribution in [3.8, 4) is 11.5 Å². The highest BCUT2D eigenvalue weighted by Crippen LogP contribution is 2.47. The molecule has 0 spiro atoms. The number of fused-ring (bicyclic) bond motifs is 6. The number of nitrogens with zero attached hydrogens (tertiary/aromatic N) is 3. The van der Waals surface area contributed by atoms with Gasteiger partial charge in [-0.05, 0) is 25.1 Å². The molecule has 33 heavy (non-hydrogen) atoms. The van der Waals surface area contributed by atoms with Crippen LogP contribution in [-0.4, -0.2) is 33.4 Å². The van der Waals surface area contributed by atoms with E-state index in [1.807, 2.05) is 0 Å². The molecule has 0 fully saturated rings. The molecule has 0 unspecified atom stereocenters. The van der Waals surface area contributed by atoms with E-state index in [-0.39, 0.29) is 21.5 Å². The van der Waals surface area contributed by atoms with Gasteiger partial charge in [-0.2, -0.15) is 0 Å². The number of aromatic nitrogens is 1. The molecule has 2 aliphatic rings. The van der Waals surface area contributed by atoms with Crippen LogP contribution in [0.25, 0.3) is 6.08 Å². The second-order valence-corrected chi connectivity index (χ2v) is 8.83. The number of phenols is 1. The maximum absolute atomic E-state index is 13.5. The Bertz CT molecular complexity index is 1510. The number of ether oxygens (including phenoxy) is 2. The molecular formula is C22H17N3O7S. The lowest BCUT2D eigenvalue weighted by atomic mass is 9.81. The molecule has 0 aliphatic carbocycles. The average Bonchev–Trinajstić information content (AvgIpc) is 3.07. The van der Waals surface area contributed by atoms with Crippen LogP contribution in [0.4, 0.5) is 5.69 Å². The molecule has 1 aromatic heterocycles. The van der Waals surface area contributed by atoms with Gasteiger partial charge in [0, 0.05) is 23.3 Å².